The minimum atomic E-state index is -0.0728. The van der Waals surface area contributed by atoms with E-state index in [0.29, 0.717) is 12.6 Å². The van der Waals surface area contributed by atoms with Crippen molar-refractivity contribution >= 4 is 23.1 Å². The molecule has 1 fully saturated rings. The van der Waals surface area contributed by atoms with Gasteiger partial charge in [-0.15, -0.1) is 0 Å². The second kappa shape index (κ2) is 6.81. The Hall–Kier alpha value is -0.680. The predicted octanol–water partition coefficient (Wildman–Crippen LogP) is 0.653. The quantitative estimate of drug-likeness (QED) is 0.696. The van der Waals surface area contributed by atoms with E-state index in [4.69, 9.17) is 5.73 Å². The maximum Gasteiger partial charge on any atom is 0.226 e. The number of rotatable bonds is 5. The highest BCUT2D eigenvalue weighted by Crippen LogP contribution is 2.11. The first kappa shape index (κ1) is 13.4. The van der Waals surface area contributed by atoms with Crippen LogP contribution in [0.1, 0.15) is 32.6 Å². The summed E-state index contributed by atoms with van der Waals surface area (Å²) in [5, 5.41) is 2.86. The van der Waals surface area contributed by atoms with Crippen LogP contribution in [0.2, 0.25) is 0 Å². The zero-order chi connectivity index (χ0) is 12.0. The van der Waals surface area contributed by atoms with Gasteiger partial charge in [0.1, 0.15) is 0 Å². The van der Waals surface area contributed by atoms with Crippen LogP contribution >= 0.6 is 12.2 Å². The predicted molar refractivity (Wildman–Crippen MR) is 69.3 cm³/mol. The molecular weight excluding hydrogens is 222 g/mol. The molecule has 0 aromatic heterocycles. The number of piperidine rings is 1. The van der Waals surface area contributed by atoms with E-state index in [1.165, 1.54) is 19.3 Å². The lowest BCUT2D eigenvalue weighted by Crippen LogP contribution is -2.44. The Labute approximate surface area is 103 Å². The van der Waals surface area contributed by atoms with Gasteiger partial charge in [-0.2, -0.15) is 0 Å². The number of nitrogens with two attached hydrogens (primary N) is 1. The van der Waals surface area contributed by atoms with E-state index < -0.39 is 0 Å². The molecule has 0 aliphatic carbocycles. The summed E-state index contributed by atoms with van der Waals surface area (Å²) in [5.41, 5.74) is 5.30. The molecule has 92 valence electrons. The summed E-state index contributed by atoms with van der Waals surface area (Å²) < 4.78 is 0. The molecule has 1 heterocycles. The number of nitrogens with zero attached hydrogens (tertiary/aromatic N) is 1. The number of hydrogen-bond donors (Lipinski definition) is 2. The van der Waals surface area contributed by atoms with Gasteiger partial charge < -0.3 is 11.1 Å². The molecule has 3 N–H and O–H groups in total. The Morgan fingerprint density at radius 2 is 2.06 bits per heavy atom. The minimum Gasteiger partial charge on any atom is -0.393 e. The number of carbonyl (C=O) groups is 1. The molecule has 0 bridgehead atoms. The maximum atomic E-state index is 11.3. The molecular formula is C11H21N3OS. The largest absolute Gasteiger partial charge is 0.393 e. The van der Waals surface area contributed by atoms with Crippen LogP contribution in [0, 0.1) is 0 Å². The molecule has 0 aromatic rings. The number of hydrogen-bond acceptors (Lipinski definition) is 3. The van der Waals surface area contributed by atoms with Crippen LogP contribution in [0.25, 0.3) is 0 Å². The number of thiocarbonyl (C=S) groups is 1. The Kier molecular flexibility index (Phi) is 5.69. The molecule has 1 aliphatic rings. The smallest absolute Gasteiger partial charge is 0.226 e. The van der Waals surface area contributed by atoms with Crippen LogP contribution < -0.4 is 11.1 Å². The van der Waals surface area contributed by atoms with E-state index in [1.807, 2.05) is 0 Å². The van der Waals surface area contributed by atoms with Crippen molar-refractivity contribution in [1.29, 1.82) is 0 Å². The first-order valence-electron chi connectivity index (χ1n) is 5.88. The average Bonchev–Trinajstić information content (AvgIpc) is 2.26. The molecule has 5 heteroatoms. The normalized spacial score (nSPS) is 19.1. The summed E-state index contributed by atoms with van der Waals surface area (Å²) >= 11 is 4.68. The third-order valence-electron chi connectivity index (χ3n) is 2.94. The molecule has 1 unspecified atom stereocenters. The van der Waals surface area contributed by atoms with Crippen molar-refractivity contribution < 1.29 is 4.79 Å². The fourth-order valence-corrected chi connectivity index (χ4v) is 2.10. The molecule has 1 saturated heterocycles. The van der Waals surface area contributed by atoms with Crippen LogP contribution in [-0.2, 0) is 4.79 Å². The highest BCUT2D eigenvalue weighted by atomic mass is 32.1. The van der Waals surface area contributed by atoms with Crippen LogP contribution in [-0.4, -0.2) is 41.5 Å². The topological polar surface area (TPSA) is 58.4 Å². The average molecular weight is 243 g/mol. The van der Waals surface area contributed by atoms with Crippen molar-refractivity contribution in [3.63, 3.8) is 0 Å². The lowest BCUT2D eigenvalue weighted by Gasteiger charge is -2.32. The molecule has 1 amide bonds. The summed E-state index contributed by atoms with van der Waals surface area (Å²) in [6.07, 6.45) is 4.02. The van der Waals surface area contributed by atoms with E-state index >= 15 is 0 Å². The Bertz CT molecular complexity index is 252. The van der Waals surface area contributed by atoms with Crippen LogP contribution in [0.4, 0.5) is 0 Å². The van der Waals surface area contributed by atoms with E-state index in [1.54, 1.807) is 0 Å². The van der Waals surface area contributed by atoms with Gasteiger partial charge in [-0.05, 0) is 32.9 Å². The highest BCUT2D eigenvalue weighted by Gasteiger charge is 2.16. The highest BCUT2D eigenvalue weighted by molar-refractivity contribution is 7.80. The first-order chi connectivity index (χ1) is 7.59. The van der Waals surface area contributed by atoms with Gasteiger partial charge in [0.15, 0.2) is 0 Å². The molecule has 0 aromatic carbocycles. The van der Waals surface area contributed by atoms with Gasteiger partial charge in [-0.1, -0.05) is 18.6 Å². The standard InChI is InChI=1S/C11H21N3OS/c1-9(14-5-3-2-4-6-14)8-13-11(15)7-10(12)16/h9H,2-8H2,1H3,(H2,12,16)(H,13,15). The molecule has 16 heavy (non-hydrogen) atoms. The molecule has 1 aliphatic heterocycles. The second-order valence-corrected chi connectivity index (χ2v) is 4.92. The second-order valence-electron chi connectivity index (χ2n) is 4.39. The van der Waals surface area contributed by atoms with Gasteiger partial charge in [0, 0.05) is 12.6 Å². The summed E-state index contributed by atoms with van der Waals surface area (Å²) in [5.74, 6) is -0.0728. The third-order valence-corrected chi connectivity index (χ3v) is 3.09. The van der Waals surface area contributed by atoms with Gasteiger partial charge in [-0.25, -0.2) is 0 Å². The maximum absolute atomic E-state index is 11.3. The fourth-order valence-electron chi connectivity index (χ4n) is 1.97. The summed E-state index contributed by atoms with van der Waals surface area (Å²) in [4.78, 5) is 14.0. The van der Waals surface area contributed by atoms with Crippen molar-refractivity contribution in [2.75, 3.05) is 19.6 Å². The van der Waals surface area contributed by atoms with Gasteiger partial charge in [-0.3, -0.25) is 9.69 Å². The van der Waals surface area contributed by atoms with Gasteiger partial charge >= 0.3 is 0 Å². The Morgan fingerprint density at radius 3 is 2.62 bits per heavy atom. The Balaban J connectivity index is 2.20. The molecule has 4 nitrogen and oxygen atoms in total. The van der Waals surface area contributed by atoms with Gasteiger partial charge in [0.05, 0.1) is 11.4 Å². The van der Waals surface area contributed by atoms with E-state index in [2.05, 4.69) is 29.4 Å². The van der Waals surface area contributed by atoms with Crippen molar-refractivity contribution in [3.8, 4) is 0 Å². The van der Waals surface area contributed by atoms with Gasteiger partial charge in [0.2, 0.25) is 5.91 Å². The number of carbonyl (C=O) groups excluding carboxylic acids is 1. The molecule has 1 rings (SSSR count). The van der Waals surface area contributed by atoms with Gasteiger partial charge in [0.25, 0.3) is 0 Å². The number of likely N-dealkylation sites (tertiary alicyclic amines) is 1. The van der Waals surface area contributed by atoms with Crippen molar-refractivity contribution in [1.82, 2.24) is 10.2 Å². The Morgan fingerprint density at radius 1 is 1.44 bits per heavy atom. The SMILES string of the molecule is CC(CNC(=O)CC(N)=S)N1CCCCC1. The summed E-state index contributed by atoms with van der Waals surface area (Å²) in [6, 6.07) is 0.399. The first-order valence-corrected chi connectivity index (χ1v) is 6.29. The zero-order valence-corrected chi connectivity index (χ0v) is 10.7. The van der Waals surface area contributed by atoms with Crippen molar-refractivity contribution in [2.45, 2.75) is 38.6 Å². The lowest BCUT2D eigenvalue weighted by molar-refractivity contribution is -0.120. The molecule has 0 radical (unpaired) electrons. The van der Waals surface area contributed by atoms with Crippen molar-refractivity contribution in [2.24, 2.45) is 5.73 Å². The summed E-state index contributed by atoms with van der Waals surface area (Å²) in [6.45, 7) is 5.12. The zero-order valence-electron chi connectivity index (χ0n) is 9.87. The molecule has 1 atom stereocenters. The lowest BCUT2D eigenvalue weighted by atomic mass is 10.1. The monoisotopic (exact) mass is 243 g/mol. The minimum absolute atomic E-state index is 0.0728. The van der Waals surface area contributed by atoms with E-state index in [-0.39, 0.29) is 17.3 Å². The summed E-state index contributed by atoms with van der Waals surface area (Å²) in [7, 11) is 0. The molecule has 0 spiro atoms. The van der Waals surface area contributed by atoms with E-state index in [9.17, 15) is 4.79 Å². The van der Waals surface area contributed by atoms with Crippen LogP contribution in [0.3, 0.4) is 0 Å². The number of amides is 1. The fraction of sp³-hybridized carbons (Fsp3) is 0.818. The molecule has 0 saturated carbocycles. The van der Waals surface area contributed by atoms with Crippen molar-refractivity contribution in [3.05, 3.63) is 0 Å². The van der Waals surface area contributed by atoms with E-state index in [0.717, 1.165) is 13.1 Å². The van der Waals surface area contributed by atoms with Crippen LogP contribution in [0.5, 0.6) is 0 Å². The number of nitrogens with one attached hydrogen (secondary N) is 1. The van der Waals surface area contributed by atoms with Crippen LogP contribution in [0.15, 0.2) is 0 Å². The third kappa shape index (κ3) is 4.90.